The average molecular weight is 299 g/mol. The van der Waals surface area contributed by atoms with Crippen LogP contribution in [-0.4, -0.2) is 17.6 Å². The van der Waals surface area contributed by atoms with E-state index in [0.717, 1.165) is 17.7 Å². The third-order valence-corrected chi connectivity index (χ3v) is 5.42. The Morgan fingerprint density at radius 1 is 1.14 bits per heavy atom. The molecule has 2 aliphatic carbocycles. The fourth-order valence-electron chi connectivity index (χ4n) is 2.77. The number of anilines is 1. The summed E-state index contributed by atoms with van der Waals surface area (Å²) in [6, 6.07) is 11.2. The van der Waals surface area contributed by atoms with E-state index in [9.17, 15) is 0 Å². The molecule has 2 aliphatic rings. The van der Waals surface area contributed by atoms with Gasteiger partial charge in [-0.15, -0.1) is 0 Å². The van der Waals surface area contributed by atoms with Crippen molar-refractivity contribution in [3.05, 3.63) is 35.2 Å². The summed E-state index contributed by atoms with van der Waals surface area (Å²) in [5.41, 5.74) is 8.22. The smallest absolute Gasteiger partial charge is 0.186 e. The van der Waals surface area contributed by atoms with E-state index < -0.39 is 0 Å². The Morgan fingerprint density at radius 2 is 1.90 bits per heavy atom. The Morgan fingerprint density at radius 3 is 2.52 bits per heavy atom. The second-order valence-electron chi connectivity index (χ2n) is 6.17. The summed E-state index contributed by atoms with van der Waals surface area (Å²) in [6.07, 6.45) is 5.43. The van der Waals surface area contributed by atoms with Gasteiger partial charge in [0.2, 0.25) is 0 Å². The lowest BCUT2D eigenvalue weighted by molar-refractivity contribution is 0.716. The minimum Gasteiger partial charge on any atom is -0.345 e. The highest BCUT2D eigenvalue weighted by Gasteiger charge is 2.35. The van der Waals surface area contributed by atoms with Gasteiger partial charge in [0.1, 0.15) is 0 Å². The first-order valence-corrected chi connectivity index (χ1v) is 8.68. The Balaban J connectivity index is 1.67. The number of thiazole rings is 1. The van der Waals surface area contributed by atoms with Crippen molar-refractivity contribution in [2.24, 2.45) is 11.7 Å². The lowest BCUT2D eigenvalue weighted by Gasteiger charge is -2.21. The van der Waals surface area contributed by atoms with E-state index in [1.807, 2.05) is 6.07 Å². The molecular formula is C17H21N3S. The molecule has 0 atom stereocenters. The molecule has 3 nitrogen and oxygen atoms in total. The number of hydrogen-bond donors (Lipinski definition) is 1. The van der Waals surface area contributed by atoms with Crippen molar-refractivity contribution < 1.29 is 0 Å². The van der Waals surface area contributed by atoms with Crippen molar-refractivity contribution in [1.29, 1.82) is 0 Å². The second kappa shape index (κ2) is 5.43. The van der Waals surface area contributed by atoms with Crippen LogP contribution in [0.4, 0.5) is 5.13 Å². The third kappa shape index (κ3) is 2.83. The van der Waals surface area contributed by atoms with Gasteiger partial charge in [0.25, 0.3) is 0 Å². The van der Waals surface area contributed by atoms with E-state index in [-0.39, 0.29) is 0 Å². The van der Waals surface area contributed by atoms with E-state index in [0.29, 0.717) is 6.54 Å². The molecule has 2 aromatic rings. The number of nitrogens with zero attached hydrogens (tertiary/aromatic N) is 2. The van der Waals surface area contributed by atoms with E-state index >= 15 is 0 Å². The molecule has 1 heterocycles. The van der Waals surface area contributed by atoms with Gasteiger partial charge < -0.3 is 10.6 Å². The molecule has 0 saturated heterocycles. The van der Waals surface area contributed by atoms with E-state index in [2.05, 4.69) is 29.2 Å². The fourth-order valence-corrected chi connectivity index (χ4v) is 3.81. The van der Waals surface area contributed by atoms with Gasteiger partial charge in [-0.05, 0) is 31.6 Å². The lowest BCUT2D eigenvalue weighted by Crippen LogP contribution is -2.27. The van der Waals surface area contributed by atoms with Crippen LogP contribution in [0.1, 0.15) is 30.6 Å². The Hall–Kier alpha value is -1.39. The van der Waals surface area contributed by atoms with Crippen LogP contribution in [-0.2, 0) is 6.54 Å². The molecule has 4 rings (SSSR count). The summed E-state index contributed by atoms with van der Waals surface area (Å²) in [5, 5.41) is 1.18. The molecule has 0 spiro atoms. The van der Waals surface area contributed by atoms with Crippen LogP contribution < -0.4 is 10.6 Å². The summed E-state index contributed by atoms with van der Waals surface area (Å²) in [7, 11) is 0. The van der Waals surface area contributed by atoms with Crippen molar-refractivity contribution in [1.82, 2.24) is 4.98 Å². The summed E-state index contributed by atoms with van der Waals surface area (Å²) in [6.45, 7) is 1.76. The van der Waals surface area contributed by atoms with Crippen LogP contribution in [0.2, 0.25) is 0 Å². The van der Waals surface area contributed by atoms with Gasteiger partial charge in [-0.2, -0.15) is 0 Å². The van der Waals surface area contributed by atoms with Crippen LogP contribution >= 0.6 is 11.3 Å². The molecule has 0 amide bonds. The van der Waals surface area contributed by atoms with Crippen molar-refractivity contribution in [3.8, 4) is 11.3 Å². The number of aromatic nitrogens is 1. The van der Waals surface area contributed by atoms with Crippen LogP contribution in [0, 0.1) is 5.92 Å². The molecule has 0 unspecified atom stereocenters. The molecule has 21 heavy (non-hydrogen) atoms. The Labute approximate surface area is 129 Å². The highest BCUT2D eigenvalue weighted by molar-refractivity contribution is 7.16. The molecule has 1 aromatic heterocycles. The molecule has 2 saturated carbocycles. The van der Waals surface area contributed by atoms with Gasteiger partial charge >= 0.3 is 0 Å². The zero-order valence-corrected chi connectivity index (χ0v) is 13.0. The Bertz CT molecular complexity index is 614. The number of benzene rings is 1. The van der Waals surface area contributed by atoms with Crippen molar-refractivity contribution in [2.45, 2.75) is 38.3 Å². The predicted octanol–water partition coefficient (Wildman–Crippen LogP) is 3.65. The SMILES string of the molecule is NCc1sc(N(CC2CC2)C2CC2)nc1-c1ccccc1. The quantitative estimate of drug-likeness (QED) is 0.885. The monoisotopic (exact) mass is 299 g/mol. The summed E-state index contributed by atoms with van der Waals surface area (Å²) in [4.78, 5) is 8.71. The molecule has 0 bridgehead atoms. The number of rotatable bonds is 6. The van der Waals surface area contributed by atoms with E-state index in [1.165, 1.54) is 47.8 Å². The minimum atomic E-state index is 0.573. The largest absolute Gasteiger partial charge is 0.345 e. The van der Waals surface area contributed by atoms with Crippen LogP contribution in [0.5, 0.6) is 0 Å². The highest BCUT2D eigenvalue weighted by Crippen LogP contribution is 2.41. The highest BCUT2D eigenvalue weighted by atomic mass is 32.1. The zero-order chi connectivity index (χ0) is 14.2. The van der Waals surface area contributed by atoms with Crippen molar-refractivity contribution >= 4 is 16.5 Å². The number of nitrogens with two attached hydrogens (primary N) is 1. The fraction of sp³-hybridized carbons (Fsp3) is 0.471. The van der Waals surface area contributed by atoms with E-state index in [1.54, 1.807) is 11.3 Å². The first-order chi connectivity index (χ1) is 10.3. The van der Waals surface area contributed by atoms with Gasteiger partial charge in [-0.1, -0.05) is 41.7 Å². The first kappa shape index (κ1) is 13.3. The summed E-state index contributed by atoms with van der Waals surface area (Å²) < 4.78 is 0. The van der Waals surface area contributed by atoms with Gasteiger partial charge in [0.05, 0.1) is 5.69 Å². The summed E-state index contributed by atoms with van der Waals surface area (Å²) in [5.74, 6) is 0.899. The first-order valence-electron chi connectivity index (χ1n) is 7.87. The van der Waals surface area contributed by atoms with Gasteiger partial charge in [-0.3, -0.25) is 0 Å². The summed E-state index contributed by atoms with van der Waals surface area (Å²) >= 11 is 1.79. The van der Waals surface area contributed by atoms with Crippen LogP contribution in [0.15, 0.2) is 30.3 Å². The maximum Gasteiger partial charge on any atom is 0.186 e. The normalized spacial score (nSPS) is 18.0. The molecule has 0 aliphatic heterocycles. The van der Waals surface area contributed by atoms with Crippen molar-refractivity contribution in [2.75, 3.05) is 11.4 Å². The number of hydrogen-bond acceptors (Lipinski definition) is 4. The molecule has 110 valence electrons. The minimum absolute atomic E-state index is 0.573. The zero-order valence-electron chi connectivity index (χ0n) is 12.2. The van der Waals surface area contributed by atoms with Gasteiger partial charge in [0.15, 0.2) is 5.13 Å². The lowest BCUT2D eigenvalue weighted by atomic mass is 10.1. The Kier molecular flexibility index (Phi) is 3.43. The van der Waals surface area contributed by atoms with Gasteiger partial charge in [-0.25, -0.2) is 4.98 Å². The standard InChI is InChI=1S/C17H21N3S/c18-10-15-16(13-4-2-1-3-5-13)19-17(21-15)20(14-8-9-14)11-12-6-7-12/h1-5,12,14H,6-11,18H2. The average Bonchev–Trinajstić information content (AvgIpc) is 3.43. The molecule has 2 fully saturated rings. The third-order valence-electron chi connectivity index (χ3n) is 4.30. The maximum absolute atomic E-state index is 5.96. The van der Waals surface area contributed by atoms with E-state index in [4.69, 9.17) is 10.7 Å². The van der Waals surface area contributed by atoms with Crippen molar-refractivity contribution in [3.63, 3.8) is 0 Å². The second-order valence-corrected chi connectivity index (χ2v) is 7.23. The molecular weight excluding hydrogens is 278 g/mol. The van der Waals surface area contributed by atoms with Gasteiger partial charge in [0, 0.05) is 29.6 Å². The topological polar surface area (TPSA) is 42.1 Å². The molecule has 1 aromatic carbocycles. The van der Waals surface area contributed by atoms with Crippen LogP contribution in [0.3, 0.4) is 0 Å². The maximum atomic E-state index is 5.96. The predicted molar refractivity (Wildman–Crippen MR) is 88.5 cm³/mol. The molecule has 0 radical (unpaired) electrons. The molecule has 2 N–H and O–H groups in total. The van der Waals surface area contributed by atoms with Crippen LogP contribution in [0.25, 0.3) is 11.3 Å². The molecule has 4 heteroatoms.